The van der Waals surface area contributed by atoms with E-state index in [1.165, 1.54) is 12.1 Å². The smallest absolute Gasteiger partial charge is 0.311 e. The number of anilines is 1. The molecule has 10 nitrogen and oxygen atoms in total. The fraction of sp³-hybridized carbons (Fsp3) is 0.130. The number of hydrogen-bond donors (Lipinski definition) is 2. The molecular weight excluding hydrogens is 458 g/mol. The van der Waals surface area contributed by atoms with E-state index >= 15 is 0 Å². The average molecular weight is 478 g/mol. The van der Waals surface area contributed by atoms with Crippen LogP contribution >= 0.6 is 12.2 Å². The standard InChI is InChI=1S/C23H19N5O5S/c1-3-32-18-10-9-14(12-17(18)28(30)31)21(29)27-23(34)25-16-7-4-6-15(13(16)2)22-26-20-19(33-22)8-5-11-24-20/h4-12H,3H2,1-2H3,(H2,25,27,29,34). The van der Waals surface area contributed by atoms with Crippen LogP contribution in [0, 0.1) is 17.0 Å². The van der Waals surface area contributed by atoms with E-state index in [4.69, 9.17) is 21.4 Å². The van der Waals surface area contributed by atoms with E-state index in [1.54, 1.807) is 37.4 Å². The lowest BCUT2D eigenvalue weighted by molar-refractivity contribution is -0.385. The maximum absolute atomic E-state index is 12.6. The van der Waals surface area contributed by atoms with E-state index in [2.05, 4.69) is 20.6 Å². The van der Waals surface area contributed by atoms with Crippen molar-refractivity contribution in [2.24, 2.45) is 0 Å². The number of amides is 1. The largest absolute Gasteiger partial charge is 0.487 e. The van der Waals surface area contributed by atoms with Gasteiger partial charge >= 0.3 is 5.69 Å². The first-order chi connectivity index (χ1) is 16.4. The first kappa shape index (κ1) is 22.8. The maximum Gasteiger partial charge on any atom is 0.311 e. The van der Waals surface area contributed by atoms with Crippen molar-refractivity contribution in [1.29, 1.82) is 0 Å². The lowest BCUT2D eigenvalue weighted by Gasteiger charge is -2.13. The Hall–Kier alpha value is -4.38. The summed E-state index contributed by atoms with van der Waals surface area (Å²) in [5.41, 5.74) is 3.01. The molecule has 0 atom stereocenters. The molecule has 0 saturated heterocycles. The SMILES string of the molecule is CCOc1ccc(C(=O)NC(=S)Nc2cccc(-c3nc4ncccc4o3)c2C)cc1[N+](=O)[O-]. The highest BCUT2D eigenvalue weighted by Gasteiger charge is 2.20. The Morgan fingerprint density at radius 2 is 2.06 bits per heavy atom. The molecule has 2 heterocycles. The van der Waals surface area contributed by atoms with Crippen LogP contribution in [0.25, 0.3) is 22.7 Å². The molecule has 0 aliphatic rings. The Kier molecular flexibility index (Phi) is 6.46. The van der Waals surface area contributed by atoms with E-state index in [-0.39, 0.29) is 28.7 Å². The normalized spacial score (nSPS) is 10.6. The number of nitro benzene ring substituents is 1. The zero-order valence-electron chi connectivity index (χ0n) is 18.2. The third-order valence-corrected chi connectivity index (χ3v) is 5.13. The monoisotopic (exact) mass is 477 g/mol. The predicted octanol–water partition coefficient (Wildman–Crippen LogP) is 4.63. The van der Waals surface area contributed by atoms with Gasteiger partial charge in [0, 0.05) is 29.1 Å². The second-order valence-electron chi connectivity index (χ2n) is 7.10. The molecule has 34 heavy (non-hydrogen) atoms. The number of hydrogen-bond acceptors (Lipinski definition) is 8. The molecule has 0 radical (unpaired) electrons. The van der Waals surface area contributed by atoms with Crippen LogP contribution in [-0.4, -0.2) is 32.5 Å². The Morgan fingerprint density at radius 1 is 1.24 bits per heavy atom. The van der Waals surface area contributed by atoms with Gasteiger partial charge in [0.1, 0.15) is 0 Å². The second kappa shape index (κ2) is 9.63. The number of nitrogens with zero attached hydrogens (tertiary/aromatic N) is 3. The first-order valence-corrected chi connectivity index (χ1v) is 10.6. The number of nitro groups is 1. The van der Waals surface area contributed by atoms with Gasteiger partial charge in [-0.25, -0.2) is 4.98 Å². The van der Waals surface area contributed by atoms with Crippen molar-refractivity contribution in [2.75, 3.05) is 11.9 Å². The summed E-state index contributed by atoms with van der Waals surface area (Å²) in [7, 11) is 0. The van der Waals surface area contributed by atoms with Gasteiger partial charge in [-0.1, -0.05) is 6.07 Å². The van der Waals surface area contributed by atoms with E-state index in [0.29, 0.717) is 22.8 Å². The summed E-state index contributed by atoms with van der Waals surface area (Å²) in [6.07, 6.45) is 1.64. The van der Waals surface area contributed by atoms with Gasteiger partial charge in [-0.15, -0.1) is 0 Å². The predicted molar refractivity (Wildman–Crippen MR) is 130 cm³/mol. The van der Waals surface area contributed by atoms with Gasteiger partial charge in [0.2, 0.25) is 5.89 Å². The van der Waals surface area contributed by atoms with Crippen molar-refractivity contribution in [2.45, 2.75) is 13.8 Å². The number of aromatic nitrogens is 2. The number of ether oxygens (including phenoxy) is 1. The van der Waals surface area contributed by atoms with Crippen LogP contribution in [0.15, 0.2) is 59.1 Å². The molecule has 1 amide bonds. The lowest BCUT2D eigenvalue weighted by Crippen LogP contribution is -2.34. The van der Waals surface area contributed by atoms with Crippen LogP contribution < -0.4 is 15.4 Å². The molecule has 0 unspecified atom stereocenters. The van der Waals surface area contributed by atoms with Gasteiger partial charge in [-0.05, 0) is 68.0 Å². The second-order valence-corrected chi connectivity index (χ2v) is 7.51. The van der Waals surface area contributed by atoms with E-state index in [1.807, 2.05) is 13.0 Å². The topological polar surface area (TPSA) is 132 Å². The molecule has 0 saturated carbocycles. The fourth-order valence-electron chi connectivity index (χ4n) is 3.29. The van der Waals surface area contributed by atoms with Crippen LogP contribution in [0.5, 0.6) is 5.75 Å². The minimum absolute atomic E-state index is 0.0287. The highest BCUT2D eigenvalue weighted by Crippen LogP contribution is 2.30. The van der Waals surface area contributed by atoms with Crippen molar-refractivity contribution >= 4 is 45.8 Å². The Bertz CT molecular complexity index is 1390. The highest BCUT2D eigenvalue weighted by molar-refractivity contribution is 7.80. The number of carbonyl (C=O) groups excluding carboxylic acids is 1. The van der Waals surface area contributed by atoms with Crippen LogP contribution in [0.2, 0.25) is 0 Å². The Morgan fingerprint density at radius 3 is 2.79 bits per heavy atom. The number of rotatable bonds is 6. The van der Waals surface area contributed by atoms with Crippen molar-refractivity contribution in [1.82, 2.24) is 15.3 Å². The average Bonchev–Trinajstić information content (AvgIpc) is 3.24. The summed E-state index contributed by atoms with van der Waals surface area (Å²) in [4.78, 5) is 31.9. The molecule has 0 spiro atoms. The molecule has 0 fully saturated rings. The molecule has 11 heteroatoms. The third-order valence-electron chi connectivity index (χ3n) is 4.92. The Balaban J connectivity index is 1.51. The summed E-state index contributed by atoms with van der Waals surface area (Å²) in [6.45, 7) is 3.84. The zero-order valence-corrected chi connectivity index (χ0v) is 19.0. The number of nitrogens with one attached hydrogen (secondary N) is 2. The molecule has 172 valence electrons. The number of benzene rings is 2. The number of carbonyl (C=O) groups is 1. The minimum atomic E-state index is -0.602. The molecular formula is C23H19N5O5S. The quantitative estimate of drug-likeness (QED) is 0.232. The fourth-order valence-corrected chi connectivity index (χ4v) is 3.50. The van der Waals surface area contributed by atoms with Gasteiger partial charge in [0.25, 0.3) is 5.91 Å². The molecule has 4 aromatic rings. The maximum atomic E-state index is 12.6. The summed E-state index contributed by atoms with van der Waals surface area (Å²) >= 11 is 5.29. The molecule has 2 aromatic carbocycles. The Labute approximate surface area is 199 Å². The summed E-state index contributed by atoms with van der Waals surface area (Å²) in [5, 5.41) is 16.9. The van der Waals surface area contributed by atoms with Crippen molar-refractivity contribution < 1.29 is 18.9 Å². The van der Waals surface area contributed by atoms with Gasteiger partial charge in [0.05, 0.1) is 11.5 Å². The molecule has 2 N–H and O–H groups in total. The number of thiocarbonyl (C=S) groups is 1. The van der Waals surface area contributed by atoms with Crippen molar-refractivity contribution in [3.8, 4) is 17.2 Å². The van der Waals surface area contributed by atoms with Gasteiger partial charge in [-0.2, -0.15) is 4.98 Å². The van der Waals surface area contributed by atoms with Gasteiger partial charge in [0.15, 0.2) is 22.1 Å². The summed E-state index contributed by atoms with van der Waals surface area (Å²) < 4.78 is 11.1. The molecule has 0 bridgehead atoms. The number of pyridine rings is 1. The summed E-state index contributed by atoms with van der Waals surface area (Å²) in [6, 6.07) is 13.0. The first-order valence-electron chi connectivity index (χ1n) is 10.2. The van der Waals surface area contributed by atoms with Gasteiger partial charge < -0.3 is 14.5 Å². The van der Waals surface area contributed by atoms with Crippen LogP contribution in [0.3, 0.4) is 0 Å². The molecule has 4 rings (SSSR count). The van der Waals surface area contributed by atoms with Crippen LogP contribution in [0.1, 0.15) is 22.8 Å². The van der Waals surface area contributed by atoms with E-state index < -0.39 is 10.8 Å². The highest BCUT2D eigenvalue weighted by atomic mass is 32.1. The number of fused-ring (bicyclic) bond motifs is 1. The minimum Gasteiger partial charge on any atom is -0.487 e. The summed E-state index contributed by atoms with van der Waals surface area (Å²) in [5.74, 6) is -0.0967. The van der Waals surface area contributed by atoms with Crippen LogP contribution in [0.4, 0.5) is 11.4 Å². The van der Waals surface area contributed by atoms with Crippen molar-refractivity contribution in [3.05, 3.63) is 76.0 Å². The van der Waals surface area contributed by atoms with Gasteiger partial charge in [-0.3, -0.25) is 20.2 Å². The van der Waals surface area contributed by atoms with E-state index in [0.717, 1.165) is 17.2 Å². The van der Waals surface area contributed by atoms with Crippen molar-refractivity contribution in [3.63, 3.8) is 0 Å². The molecule has 0 aliphatic heterocycles. The lowest BCUT2D eigenvalue weighted by atomic mass is 10.1. The van der Waals surface area contributed by atoms with Crippen LogP contribution in [-0.2, 0) is 0 Å². The molecule has 2 aromatic heterocycles. The zero-order chi connectivity index (χ0) is 24.2. The van der Waals surface area contributed by atoms with E-state index in [9.17, 15) is 14.9 Å². The molecule has 0 aliphatic carbocycles. The third kappa shape index (κ3) is 4.69. The number of oxazole rings is 1.